The van der Waals surface area contributed by atoms with Gasteiger partial charge in [0, 0.05) is 25.1 Å². The fraction of sp³-hybridized carbons (Fsp3) is 0.200. The lowest BCUT2D eigenvalue weighted by Crippen LogP contribution is -2.46. The van der Waals surface area contributed by atoms with Crippen LogP contribution in [-0.2, 0) is 0 Å². The lowest BCUT2D eigenvalue weighted by Gasteiger charge is -2.35. The molecule has 1 unspecified atom stereocenters. The summed E-state index contributed by atoms with van der Waals surface area (Å²) in [6, 6.07) is 18.0. The van der Waals surface area contributed by atoms with Gasteiger partial charge in [0.15, 0.2) is 11.6 Å². The Kier molecular flexibility index (Phi) is 5.21. The van der Waals surface area contributed by atoms with Crippen molar-refractivity contribution >= 4 is 23.2 Å². The van der Waals surface area contributed by atoms with Crippen LogP contribution in [0, 0.1) is 17.6 Å². The van der Waals surface area contributed by atoms with Crippen LogP contribution in [0.4, 0.5) is 8.78 Å². The molecule has 0 bridgehead atoms. The molecule has 3 aromatic rings. The zero-order chi connectivity index (χ0) is 16.5. The highest BCUT2D eigenvalue weighted by molar-refractivity contribution is 5.85. The molecule has 1 heterocycles. The molecule has 1 aliphatic heterocycles. The van der Waals surface area contributed by atoms with E-state index in [9.17, 15) is 8.78 Å². The molecule has 0 aromatic heterocycles. The maximum absolute atomic E-state index is 13.5. The predicted octanol–water partition coefficient (Wildman–Crippen LogP) is 4.88. The zero-order valence-corrected chi connectivity index (χ0v) is 14.2. The first-order valence-electron chi connectivity index (χ1n) is 8.02. The van der Waals surface area contributed by atoms with Gasteiger partial charge in [-0.25, -0.2) is 8.78 Å². The number of hydrogen-bond donors (Lipinski definition) is 1. The monoisotopic (exact) mass is 361 g/mol. The quantitative estimate of drug-likeness (QED) is 0.715. The Morgan fingerprint density at radius 1 is 0.880 bits per heavy atom. The van der Waals surface area contributed by atoms with Crippen LogP contribution in [0.15, 0.2) is 60.7 Å². The molecule has 1 fully saturated rings. The molecule has 2 nitrogen and oxygen atoms in total. The SMILES string of the molecule is Cl.Fc1ccc(OC(c2ccc3ccccc3c2)C2CNC2)cc1F. The van der Waals surface area contributed by atoms with Gasteiger partial charge in [0.05, 0.1) is 0 Å². The molecule has 5 heteroatoms. The molecule has 0 amide bonds. The molecule has 0 radical (unpaired) electrons. The average Bonchev–Trinajstić information content (AvgIpc) is 2.55. The molecule has 1 saturated heterocycles. The molecule has 25 heavy (non-hydrogen) atoms. The highest BCUT2D eigenvalue weighted by atomic mass is 35.5. The van der Waals surface area contributed by atoms with Gasteiger partial charge in [-0.15, -0.1) is 12.4 Å². The molecule has 0 aliphatic carbocycles. The van der Waals surface area contributed by atoms with Crippen molar-refractivity contribution in [3.63, 3.8) is 0 Å². The van der Waals surface area contributed by atoms with Crippen LogP contribution in [0.5, 0.6) is 5.75 Å². The van der Waals surface area contributed by atoms with Crippen LogP contribution in [0.25, 0.3) is 10.8 Å². The van der Waals surface area contributed by atoms with Gasteiger partial charge in [-0.05, 0) is 34.5 Å². The molecule has 1 atom stereocenters. The van der Waals surface area contributed by atoms with E-state index in [1.54, 1.807) is 0 Å². The summed E-state index contributed by atoms with van der Waals surface area (Å²) in [4.78, 5) is 0. The van der Waals surface area contributed by atoms with Gasteiger partial charge in [-0.2, -0.15) is 0 Å². The molecule has 1 N–H and O–H groups in total. The Bertz CT molecular complexity index is 882. The summed E-state index contributed by atoms with van der Waals surface area (Å²) in [5.74, 6) is -1.11. The van der Waals surface area contributed by atoms with Crippen molar-refractivity contribution in [1.29, 1.82) is 0 Å². The molecule has 130 valence electrons. The topological polar surface area (TPSA) is 21.3 Å². The second-order valence-corrected chi connectivity index (χ2v) is 6.14. The van der Waals surface area contributed by atoms with E-state index in [1.165, 1.54) is 11.5 Å². The second-order valence-electron chi connectivity index (χ2n) is 6.14. The highest BCUT2D eigenvalue weighted by Crippen LogP contribution is 2.33. The summed E-state index contributed by atoms with van der Waals surface area (Å²) >= 11 is 0. The summed E-state index contributed by atoms with van der Waals surface area (Å²) in [6.07, 6.45) is -0.194. The summed E-state index contributed by atoms with van der Waals surface area (Å²) in [5, 5.41) is 5.55. The van der Waals surface area contributed by atoms with E-state index >= 15 is 0 Å². The van der Waals surface area contributed by atoms with Crippen molar-refractivity contribution in [3.05, 3.63) is 77.9 Å². The van der Waals surface area contributed by atoms with Crippen molar-refractivity contribution < 1.29 is 13.5 Å². The van der Waals surface area contributed by atoms with Crippen molar-refractivity contribution in [2.45, 2.75) is 6.10 Å². The van der Waals surface area contributed by atoms with Crippen LogP contribution < -0.4 is 10.1 Å². The summed E-state index contributed by atoms with van der Waals surface area (Å²) in [7, 11) is 0. The molecule has 4 rings (SSSR count). The first kappa shape index (κ1) is 17.6. The lowest BCUT2D eigenvalue weighted by atomic mass is 9.89. The number of hydrogen-bond acceptors (Lipinski definition) is 2. The van der Waals surface area contributed by atoms with Gasteiger partial charge in [0.25, 0.3) is 0 Å². The predicted molar refractivity (Wildman–Crippen MR) is 97.3 cm³/mol. The summed E-state index contributed by atoms with van der Waals surface area (Å²) in [6.45, 7) is 1.70. The maximum atomic E-state index is 13.5. The minimum atomic E-state index is -0.892. The number of fused-ring (bicyclic) bond motifs is 1. The second kappa shape index (κ2) is 7.38. The van der Waals surface area contributed by atoms with Crippen molar-refractivity contribution in [3.8, 4) is 5.75 Å². The molecule has 3 aromatic carbocycles. The van der Waals surface area contributed by atoms with Gasteiger partial charge >= 0.3 is 0 Å². The van der Waals surface area contributed by atoms with E-state index in [4.69, 9.17) is 4.74 Å². The maximum Gasteiger partial charge on any atom is 0.162 e. The van der Waals surface area contributed by atoms with Crippen molar-refractivity contribution in [2.24, 2.45) is 5.92 Å². The number of nitrogens with one attached hydrogen (secondary N) is 1. The van der Waals surface area contributed by atoms with Crippen LogP contribution >= 0.6 is 12.4 Å². The number of rotatable bonds is 4. The van der Waals surface area contributed by atoms with E-state index in [-0.39, 0.29) is 18.5 Å². The fourth-order valence-electron chi connectivity index (χ4n) is 3.04. The Labute approximate surface area is 151 Å². The van der Waals surface area contributed by atoms with Crippen molar-refractivity contribution in [2.75, 3.05) is 13.1 Å². The third kappa shape index (κ3) is 3.60. The van der Waals surface area contributed by atoms with Gasteiger partial charge in [-0.1, -0.05) is 36.4 Å². The van der Waals surface area contributed by atoms with E-state index in [1.807, 2.05) is 18.2 Å². The Balaban J connectivity index is 0.00000182. The minimum Gasteiger partial charge on any atom is -0.485 e. The minimum absolute atomic E-state index is 0. The van der Waals surface area contributed by atoms with E-state index in [0.29, 0.717) is 11.7 Å². The van der Waals surface area contributed by atoms with Gasteiger partial charge in [0.2, 0.25) is 0 Å². The third-order valence-electron chi connectivity index (χ3n) is 4.50. The molecular formula is C20H18ClF2NO. The van der Waals surface area contributed by atoms with Gasteiger partial charge < -0.3 is 10.1 Å². The van der Waals surface area contributed by atoms with E-state index < -0.39 is 11.6 Å². The van der Waals surface area contributed by atoms with Crippen LogP contribution in [0.1, 0.15) is 11.7 Å². The van der Waals surface area contributed by atoms with Gasteiger partial charge in [-0.3, -0.25) is 0 Å². The normalized spacial score (nSPS) is 15.3. The number of halogens is 3. The number of ether oxygens (including phenoxy) is 1. The van der Waals surface area contributed by atoms with Gasteiger partial charge in [0.1, 0.15) is 11.9 Å². The zero-order valence-electron chi connectivity index (χ0n) is 13.4. The third-order valence-corrected chi connectivity index (χ3v) is 4.50. The lowest BCUT2D eigenvalue weighted by molar-refractivity contribution is 0.0989. The Morgan fingerprint density at radius 2 is 1.64 bits per heavy atom. The first-order valence-corrected chi connectivity index (χ1v) is 8.02. The van der Waals surface area contributed by atoms with Crippen LogP contribution in [-0.4, -0.2) is 13.1 Å². The standard InChI is InChI=1S/C20H17F2NO.ClH/c21-18-8-7-17(10-19(18)22)24-20(16-11-23-12-16)15-6-5-13-3-1-2-4-14(13)9-15;/h1-10,16,20,23H,11-12H2;1H. The molecule has 1 aliphatic rings. The van der Waals surface area contributed by atoms with E-state index in [0.717, 1.165) is 36.2 Å². The van der Waals surface area contributed by atoms with Crippen LogP contribution in [0.2, 0.25) is 0 Å². The first-order chi connectivity index (χ1) is 11.7. The molecular weight excluding hydrogens is 344 g/mol. The fourth-order valence-corrected chi connectivity index (χ4v) is 3.04. The largest absolute Gasteiger partial charge is 0.485 e. The van der Waals surface area contributed by atoms with E-state index in [2.05, 4.69) is 29.6 Å². The Hall–Kier alpha value is -2.17. The highest BCUT2D eigenvalue weighted by Gasteiger charge is 2.30. The van der Waals surface area contributed by atoms with Crippen molar-refractivity contribution in [1.82, 2.24) is 5.32 Å². The summed E-state index contributed by atoms with van der Waals surface area (Å²) in [5.41, 5.74) is 1.05. The number of benzene rings is 3. The summed E-state index contributed by atoms with van der Waals surface area (Å²) < 4.78 is 32.6. The van der Waals surface area contributed by atoms with Crippen LogP contribution in [0.3, 0.4) is 0 Å². The molecule has 0 spiro atoms. The molecule has 0 saturated carbocycles. The average molecular weight is 362 g/mol. The Morgan fingerprint density at radius 3 is 2.32 bits per heavy atom. The smallest absolute Gasteiger partial charge is 0.162 e.